The quantitative estimate of drug-likeness (QED) is 0.691. The first-order valence-electron chi connectivity index (χ1n) is 6.04. The van der Waals surface area contributed by atoms with Gasteiger partial charge in [0, 0.05) is 33.0 Å². The van der Waals surface area contributed by atoms with E-state index in [1.807, 2.05) is 6.92 Å². The van der Waals surface area contributed by atoms with E-state index in [0.29, 0.717) is 0 Å². The number of ether oxygens (including phenoxy) is 1. The monoisotopic (exact) mass is 225 g/mol. The lowest BCUT2D eigenvalue weighted by molar-refractivity contribution is 0.191. The second kappa shape index (κ2) is 7.28. The summed E-state index contributed by atoms with van der Waals surface area (Å²) >= 11 is 0. The van der Waals surface area contributed by atoms with Gasteiger partial charge in [-0.1, -0.05) is 6.92 Å². The summed E-state index contributed by atoms with van der Waals surface area (Å²) in [5, 5.41) is 3.35. The molecule has 4 nitrogen and oxygen atoms in total. The number of nitrogens with one attached hydrogen (secondary N) is 1. The predicted octanol–water partition coefficient (Wildman–Crippen LogP) is 2.44. The molecule has 0 atom stereocenters. The zero-order valence-corrected chi connectivity index (χ0v) is 10.6. The van der Waals surface area contributed by atoms with E-state index in [9.17, 15) is 0 Å². The molecule has 0 saturated heterocycles. The molecule has 0 aromatic carbocycles. The van der Waals surface area contributed by atoms with Gasteiger partial charge < -0.3 is 14.6 Å². The summed E-state index contributed by atoms with van der Waals surface area (Å²) in [7, 11) is 1.75. The molecule has 1 N–H and O–H groups in total. The smallest absolute Gasteiger partial charge is 0.203 e. The Bertz CT molecular complexity index is 296. The van der Waals surface area contributed by atoms with Gasteiger partial charge in [-0.05, 0) is 26.2 Å². The van der Waals surface area contributed by atoms with Crippen molar-refractivity contribution in [1.82, 2.24) is 9.55 Å². The van der Waals surface area contributed by atoms with Gasteiger partial charge in [-0.3, -0.25) is 0 Å². The maximum atomic E-state index is 5.04. The Hall–Kier alpha value is -1.03. The van der Waals surface area contributed by atoms with E-state index in [1.54, 1.807) is 7.11 Å². The van der Waals surface area contributed by atoms with Crippen molar-refractivity contribution in [3.63, 3.8) is 0 Å². The molecule has 1 aromatic rings. The van der Waals surface area contributed by atoms with Gasteiger partial charge in [0.2, 0.25) is 5.95 Å². The highest BCUT2D eigenvalue weighted by molar-refractivity contribution is 5.28. The van der Waals surface area contributed by atoms with Gasteiger partial charge in [0.25, 0.3) is 0 Å². The molecule has 0 saturated carbocycles. The third kappa shape index (κ3) is 4.23. The summed E-state index contributed by atoms with van der Waals surface area (Å²) < 4.78 is 7.23. The van der Waals surface area contributed by atoms with Gasteiger partial charge in [0.05, 0.1) is 5.69 Å². The second-order valence-electron chi connectivity index (χ2n) is 4.03. The number of rotatable bonds is 8. The first kappa shape index (κ1) is 13.0. The van der Waals surface area contributed by atoms with Gasteiger partial charge >= 0.3 is 0 Å². The number of aryl methyl sites for hydroxylation is 2. The Morgan fingerprint density at radius 1 is 1.44 bits per heavy atom. The highest BCUT2D eigenvalue weighted by Gasteiger charge is 2.03. The minimum atomic E-state index is 0.839. The van der Waals surface area contributed by atoms with Crippen molar-refractivity contribution in [3.05, 3.63) is 11.9 Å². The lowest BCUT2D eigenvalue weighted by atomic mass is 10.3. The Kier molecular flexibility index (Phi) is 5.93. The fourth-order valence-corrected chi connectivity index (χ4v) is 1.62. The molecule has 0 spiro atoms. The van der Waals surface area contributed by atoms with Crippen molar-refractivity contribution in [2.24, 2.45) is 0 Å². The number of methoxy groups -OCH3 is 1. The average Bonchev–Trinajstić information content (AvgIpc) is 2.62. The number of hydrogen-bond acceptors (Lipinski definition) is 3. The molecular formula is C12H23N3O. The molecule has 0 amide bonds. The van der Waals surface area contributed by atoms with Crippen LogP contribution in [0.4, 0.5) is 5.95 Å². The van der Waals surface area contributed by atoms with Crippen molar-refractivity contribution in [1.29, 1.82) is 0 Å². The lowest BCUT2D eigenvalue weighted by Crippen LogP contribution is -2.08. The molecule has 0 aliphatic rings. The van der Waals surface area contributed by atoms with Gasteiger partial charge in [-0.25, -0.2) is 4.98 Å². The molecule has 1 aromatic heterocycles. The highest BCUT2D eigenvalue weighted by Crippen LogP contribution is 2.10. The molecule has 16 heavy (non-hydrogen) atoms. The summed E-state index contributed by atoms with van der Waals surface area (Å²) in [6.45, 7) is 7.02. The zero-order valence-electron chi connectivity index (χ0n) is 10.6. The summed E-state index contributed by atoms with van der Waals surface area (Å²) in [6.07, 6.45) is 5.45. The molecule has 4 heteroatoms. The number of anilines is 1. The van der Waals surface area contributed by atoms with Gasteiger partial charge in [-0.15, -0.1) is 0 Å². The Morgan fingerprint density at radius 3 is 2.94 bits per heavy atom. The van der Waals surface area contributed by atoms with Gasteiger partial charge in [-0.2, -0.15) is 0 Å². The number of nitrogens with zero attached hydrogens (tertiary/aromatic N) is 2. The van der Waals surface area contributed by atoms with Crippen molar-refractivity contribution in [3.8, 4) is 0 Å². The number of hydrogen-bond donors (Lipinski definition) is 1. The fraction of sp³-hybridized carbons (Fsp3) is 0.750. The number of imidazole rings is 1. The molecule has 1 rings (SSSR count). The van der Waals surface area contributed by atoms with E-state index >= 15 is 0 Å². The maximum Gasteiger partial charge on any atom is 0.203 e. The largest absolute Gasteiger partial charge is 0.385 e. The molecule has 0 unspecified atom stereocenters. The minimum Gasteiger partial charge on any atom is -0.385 e. The Balaban J connectivity index is 2.43. The third-order valence-corrected chi connectivity index (χ3v) is 2.43. The van der Waals surface area contributed by atoms with Crippen molar-refractivity contribution in [2.75, 3.05) is 25.6 Å². The predicted molar refractivity (Wildman–Crippen MR) is 66.9 cm³/mol. The number of unbranched alkanes of at least 4 members (excludes halogenated alkanes) is 1. The van der Waals surface area contributed by atoms with Crippen LogP contribution in [0.2, 0.25) is 0 Å². The SMILES string of the molecule is CCCNc1nc(C)cn1CCCCOC. The first-order valence-corrected chi connectivity index (χ1v) is 6.04. The van der Waals surface area contributed by atoms with Crippen LogP contribution in [0, 0.1) is 6.92 Å². The number of aromatic nitrogens is 2. The molecule has 92 valence electrons. The molecule has 0 fully saturated rings. The van der Waals surface area contributed by atoms with Crippen LogP contribution >= 0.6 is 0 Å². The minimum absolute atomic E-state index is 0.839. The van der Waals surface area contributed by atoms with Gasteiger partial charge in [0.15, 0.2) is 0 Å². The first-order chi connectivity index (χ1) is 7.77. The molecule has 0 radical (unpaired) electrons. The fourth-order valence-electron chi connectivity index (χ4n) is 1.62. The molecule has 0 bridgehead atoms. The van der Waals surface area contributed by atoms with Crippen LogP contribution in [0.3, 0.4) is 0 Å². The van der Waals surface area contributed by atoms with Crippen LogP contribution in [0.25, 0.3) is 0 Å². The van der Waals surface area contributed by atoms with Crippen molar-refractivity contribution < 1.29 is 4.74 Å². The lowest BCUT2D eigenvalue weighted by Gasteiger charge is -2.08. The summed E-state index contributed by atoms with van der Waals surface area (Å²) in [5.41, 5.74) is 1.07. The van der Waals surface area contributed by atoms with Crippen LogP contribution in [-0.2, 0) is 11.3 Å². The normalized spacial score (nSPS) is 10.7. The topological polar surface area (TPSA) is 39.1 Å². The Morgan fingerprint density at radius 2 is 2.25 bits per heavy atom. The highest BCUT2D eigenvalue weighted by atomic mass is 16.5. The van der Waals surface area contributed by atoms with Crippen LogP contribution in [0.5, 0.6) is 0 Å². The van der Waals surface area contributed by atoms with Crippen molar-refractivity contribution in [2.45, 2.75) is 39.7 Å². The van der Waals surface area contributed by atoms with E-state index in [2.05, 4.69) is 28.0 Å². The standard InChI is InChI=1S/C12H23N3O/c1-4-7-13-12-14-11(2)10-15(12)8-5-6-9-16-3/h10H,4-9H2,1-3H3,(H,13,14). The summed E-state index contributed by atoms with van der Waals surface area (Å²) in [5.74, 6) is 0.997. The zero-order chi connectivity index (χ0) is 11.8. The average molecular weight is 225 g/mol. The summed E-state index contributed by atoms with van der Waals surface area (Å²) in [6, 6.07) is 0. The molecular weight excluding hydrogens is 202 g/mol. The Labute approximate surface area is 98.0 Å². The molecule has 1 heterocycles. The molecule has 0 aliphatic carbocycles. The third-order valence-electron chi connectivity index (χ3n) is 2.43. The van der Waals surface area contributed by atoms with Crippen LogP contribution in [0.1, 0.15) is 31.9 Å². The molecule has 0 aliphatic heterocycles. The van der Waals surface area contributed by atoms with Crippen LogP contribution < -0.4 is 5.32 Å². The summed E-state index contributed by atoms with van der Waals surface area (Å²) in [4.78, 5) is 4.47. The van der Waals surface area contributed by atoms with E-state index in [1.165, 1.54) is 0 Å². The van der Waals surface area contributed by atoms with Crippen molar-refractivity contribution >= 4 is 5.95 Å². The second-order valence-corrected chi connectivity index (χ2v) is 4.03. The van der Waals surface area contributed by atoms with Crippen LogP contribution in [0.15, 0.2) is 6.20 Å². The van der Waals surface area contributed by atoms with Gasteiger partial charge in [0.1, 0.15) is 0 Å². The maximum absolute atomic E-state index is 5.04. The van der Waals surface area contributed by atoms with E-state index in [4.69, 9.17) is 4.74 Å². The van der Waals surface area contributed by atoms with E-state index in [0.717, 1.165) is 50.6 Å². The van der Waals surface area contributed by atoms with E-state index in [-0.39, 0.29) is 0 Å². The van der Waals surface area contributed by atoms with Crippen LogP contribution in [-0.4, -0.2) is 29.8 Å². The van der Waals surface area contributed by atoms with E-state index < -0.39 is 0 Å².